The van der Waals surface area contributed by atoms with Crippen molar-refractivity contribution in [1.82, 2.24) is 14.9 Å². The van der Waals surface area contributed by atoms with Crippen molar-refractivity contribution in [1.29, 1.82) is 0 Å². The molecule has 6 rings (SSSR count). The largest absolute Gasteiger partial charge is 0.224 e. The second kappa shape index (κ2) is 8.76. The van der Waals surface area contributed by atoms with Gasteiger partial charge >= 0.3 is 0 Å². The number of hydrogen-bond donors (Lipinski definition) is 0. The van der Waals surface area contributed by atoms with E-state index in [1.165, 1.54) is 11.8 Å². The van der Waals surface area contributed by atoms with Gasteiger partial charge < -0.3 is 0 Å². The van der Waals surface area contributed by atoms with Crippen molar-refractivity contribution in [2.75, 3.05) is 12.0 Å². The number of sulfone groups is 1. The number of nitrogens with zero attached hydrogens (tertiary/aromatic N) is 4. The van der Waals surface area contributed by atoms with E-state index in [9.17, 15) is 8.42 Å². The SMILES string of the molecule is CS(=O)(=O)c1ccc(Cc2nnc3n2N=C(C2=CC(Cl)=CC4CC5C=C(Cl)C=CC5C24)CS3)cc1. The van der Waals surface area contributed by atoms with Gasteiger partial charge in [-0.1, -0.05) is 65.3 Å². The minimum atomic E-state index is -3.23. The number of thioether (sulfide) groups is 1. The summed E-state index contributed by atoms with van der Waals surface area (Å²) >= 11 is 14.5. The first kappa shape index (κ1) is 23.3. The summed E-state index contributed by atoms with van der Waals surface area (Å²) in [7, 11) is -3.23. The van der Waals surface area contributed by atoms with E-state index >= 15 is 0 Å². The molecule has 0 saturated heterocycles. The first-order chi connectivity index (χ1) is 16.8. The Morgan fingerprint density at radius 3 is 2.63 bits per heavy atom. The molecule has 3 aliphatic carbocycles. The Morgan fingerprint density at radius 1 is 1.09 bits per heavy atom. The summed E-state index contributed by atoms with van der Waals surface area (Å²) in [5.41, 5.74) is 3.12. The molecule has 1 saturated carbocycles. The van der Waals surface area contributed by atoms with Gasteiger partial charge in [0.05, 0.1) is 10.6 Å². The molecule has 4 unspecified atom stereocenters. The van der Waals surface area contributed by atoms with Crippen molar-refractivity contribution in [3.63, 3.8) is 0 Å². The van der Waals surface area contributed by atoms with Crippen LogP contribution in [0.25, 0.3) is 0 Å². The standard InChI is InChI=1S/C25H22Cl2N4O2S2/c1-35(32,33)19-5-2-14(3-6-19)8-23-28-29-25-31(23)30-22(13-34-25)21-12-18(27)11-16-9-15-10-17(26)4-7-20(15)24(16)21/h2-7,10-12,15-16,20,24H,8-9,13H2,1H3. The molecule has 0 radical (unpaired) electrons. The molecule has 10 heteroatoms. The summed E-state index contributed by atoms with van der Waals surface area (Å²) in [6.45, 7) is 0. The summed E-state index contributed by atoms with van der Waals surface area (Å²) in [6.07, 6.45) is 13.4. The van der Waals surface area contributed by atoms with Gasteiger partial charge in [0.1, 0.15) is 0 Å². The average molecular weight is 546 g/mol. The van der Waals surface area contributed by atoms with E-state index in [2.05, 4.69) is 34.5 Å². The maximum absolute atomic E-state index is 11.8. The molecular weight excluding hydrogens is 523 g/mol. The highest BCUT2D eigenvalue weighted by Gasteiger charge is 2.45. The molecule has 35 heavy (non-hydrogen) atoms. The van der Waals surface area contributed by atoms with Crippen LogP contribution in [-0.2, 0) is 16.3 Å². The van der Waals surface area contributed by atoms with Crippen LogP contribution in [0, 0.1) is 23.7 Å². The maximum atomic E-state index is 11.8. The summed E-state index contributed by atoms with van der Waals surface area (Å²) in [5.74, 6) is 2.85. The van der Waals surface area contributed by atoms with Gasteiger partial charge in [0.15, 0.2) is 15.7 Å². The highest BCUT2D eigenvalue weighted by atomic mass is 35.5. The lowest BCUT2D eigenvalue weighted by Crippen LogP contribution is -2.28. The van der Waals surface area contributed by atoms with Crippen LogP contribution < -0.4 is 0 Å². The zero-order chi connectivity index (χ0) is 24.3. The highest BCUT2D eigenvalue weighted by Crippen LogP contribution is 2.52. The van der Waals surface area contributed by atoms with Crippen LogP contribution in [0.15, 0.2) is 85.4 Å². The smallest absolute Gasteiger partial charge is 0.212 e. The predicted octanol–water partition coefficient (Wildman–Crippen LogP) is 5.21. The first-order valence-corrected chi connectivity index (χ1v) is 15.0. The second-order valence-corrected chi connectivity index (χ2v) is 13.2. The molecule has 4 aliphatic rings. The molecular formula is C25H22Cl2N4O2S2. The molecule has 0 bridgehead atoms. The molecule has 1 aromatic carbocycles. The summed E-state index contributed by atoms with van der Waals surface area (Å²) < 4.78 is 25.3. The van der Waals surface area contributed by atoms with E-state index in [-0.39, 0.29) is 0 Å². The van der Waals surface area contributed by atoms with Gasteiger partial charge in [-0.05, 0) is 65.5 Å². The number of allylic oxidation sites excluding steroid dienone is 8. The van der Waals surface area contributed by atoms with Gasteiger partial charge in [0, 0.05) is 28.5 Å². The predicted molar refractivity (Wildman–Crippen MR) is 140 cm³/mol. The molecule has 0 amide bonds. The molecule has 1 aliphatic heterocycles. The van der Waals surface area contributed by atoms with Crippen molar-refractivity contribution in [3.05, 3.63) is 81.7 Å². The van der Waals surface area contributed by atoms with Gasteiger partial charge in [-0.25, -0.2) is 8.42 Å². The quantitative estimate of drug-likeness (QED) is 0.528. The Morgan fingerprint density at radius 2 is 1.86 bits per heavy atom. The van der Waals surface area contributed by atoms with Crippen molar-refractivity contribution in [3.8, 4) is 0 Å². The normalized spacial score (nSPS) is 27.3. The van der Waals surface area contributed by atoms with Gasteiger partial charge in [-0.2, -0.15) is 9.78 Å². The van der Waals surface area contributed by atoms with E-state index in [4.69, 9.17) is 28.3 Å². The Balaban J connectivity index is 1.32. The van der Waals surface area contributed by atoms with Crippen molar-refractivity contribution < 1.29 is 8.42 Å². The Kier molecular flexibility index (Phi) is 5.83. The van der Waals surface area contributed by atoms with Crippen LogP contribution in [0.4, 0.5) is 0 Å². The van der Waals surface area contributed by atoms with E-state index in [1.807, 2.05) is 22.9 Å². The number of aromatic nitrogens is 3. The Hall–Kier alpha value is -2.13. The van der Waals surface area contributed by atoms with Crippen molar-refractivity contribution in [2.24, 2.45) is 28.8 Å². The third-order valence-corrected chi connectivity index (χ3v) is 9.62. The monoisotopic (exact) mass is 544 g/mol. The van der Waals surface area contributed by atoms with E-state index in [0.717, 1.165) is 32.9 Å². The highest BCUT2D eigenvalue weighted by molar-refractivity contribution is 7.99. The zero-order valence-corrected chi connectivity index (χ0v) is 21.9. The summed E-state index contributed by atoms with van der Waals surface area (Å²) in [5, 5.41) is 16.0. The number of rotatable bonds is 4. The van der Waals surface area contributed by atoms with Crippen LogP contribution in [0.1, 0.15) is 17.8 Å². The summed E-state index contributed by atoms with van der Waals surface area (Å²) in [6, 6.07) is 6.87. The fraction of sp³-hybridized carbons (Fsp3) is 0.320. The van der Waals surface area contributed by atoms with E-state index in [0.29, 0.717) is 46.6 Å². The fourth-order valence-corrected chi connectivity index (χ4v) is 7.52. The Labute approximate surface area is 218 Å². The van der Waals surface area contributed by atoms with E-state index < -0.39 is 9.84 Å². The van der Waals surface area contributed by atoms with Crippen LogP contribution in [-0.4, -0.2) is 41.0 Å². The fourth-order valence-electron chi connectivity index (χ4n) is 5.51. The second-order valence-electron chi connectivity index (χ2n) is 9.37. The molecule has 1 fully saturated rings. The lowest BCUT2D eigenvalue weighted by atomic mass is 9.76. The maximum Gasteiger partial charge on any atom is 0.212 e. The zero-order valence-electron chi connectivity index (χ0n) is 18.8. The minimum absolute atomic E-state index is 0.298. The third-order valence-electron chi connectivity index (χ3n) is 7.07. The van der Waals surface area contributed by atoms with Crippen LogP contribution in [0.3, 0.4) is 0 Å². The van der Waals surface area contributed by atoms with Crippen LogP contribution >= 0.6 is 35.0 Å². The molecule has 0 spiro atoms. The van der Waals surface area contributed by atoms with E-state index in [1.54, 1.807) is 23.9 Å². The number of hydrogen-bond acceptors (Lipinski definition) is 6. The average Bonchev–Trinajstić information content (AvgIpc) is 3.38. The van der Waals surface area contributed by atoms with Crippen molar-refractivity contribution in [2.45, 2.75) is 22.9 Å². The lowest BCUT2D eigenvalue weighted by Gasteiger charge is -2.31. The lowest BCUT2D eigenvalue weighted by molar-refractivity contribution is 0.448. The number of fused-ring (bicyclic) bond motifs is 4. The van der Waals surface area contributed by atoms with Gasteiger partial charge in [0.25, 0.3) is 0 Å². The topological polar surface area (TPSA) is 77.2 Å². The van der Waals surface area contributed by atoms with Crippen LogP contribution in [0.2, 0.25) is 0 Å². The first-order valence-electron chi connectivity index (χ1n) is 11.3. The molecule has 1 aromatic heterocycles. The summed E-state index contributed by atoms with van der Waals surface area (Å²) in [4.78, 5) is 0.298. The number of halogens is 2. The molecule has 0 N–H and O–H groups in total. The van der Waals surface area contributed by atoms with Crippen LogP contribution in [0.5, 0.6) is 0 Å². The molecule has 180 valence electrons. The molecule has 2 heterocycles. The molecule has 4 atom stereocenters. The number of benzene rings is 1. The Bertz CT molecular complexity index is 1470. The molecule has 2 aromatic rings. The van der Waals surface area contributed by atoms with Gasteiger partial charge in [-0.3, -0.25) is 0 Å². The third kappa shape index (κ3) is 4.35. The minimum Gasteiger partial charge on any atom is -0.224 e. The molecule has 6 nitrogen and oxygen atoms in total. The van der Waals surface area contributed by atoms with Gasteiger partial charge in [0.2, 0.25) is 5.16 Å². The van der Waals surface area contributed by atoms with Crippen molar-refractivity contribution >= 4 is 50.5 Å². The van der Waals surface area contributed by atoms with Gasteiger partial charge in [-0.15, -0.1) is 10.2 Å².